The number of guanidine groups is 1. The van der Waals surface area contributed by atoms with E-state index >= 15 is 0 Å². The lowest BCUT2D eigenvalue weighted by molar-refractivity contribution is -0.137. The van der Waals surface area contributed by atoms with Crippen LogP contribution in [0.4, 0.5) is 13.2 Å². The van der Waals surface area contributed by atoms with Crippen LogP contribution in [0.25, 0.3) is 0 Å². The summed E-state index contributed by atoms with van der Waals surface area (Å²) in [6.45, 7) is 5.77. The molecule has 0 radical (unpaired) electrons. The zero-order valence-electron chi connectivity index (χ0n) is 15.8. The van der Waals surface area contributed by atoms with Gasteiger partial charge in [0, 0.05) is 44.5 Å². The summed E-state index contributed by atoms with van der Waals surface area (Å²) in [6, 6.07) is 7.35. The quantitative estimate of drug-likeness (QED) is 0.439. The Bertz CT molecular complexity index is 736. The first-order chi connectivity index (χ1) is 12.7. The monoisotopic (exact) mass is 381 g/mol. The van der Waals surface area contributed by atoms with E-state index in [4.69, 9.17) is 0 Å². The van der Waals surface area contributed by atoms with Crippen molar-refractivity contribution < 1.29 is 13.2 Å². The van der Waals surface area contributed by atoms with Gasteiger partial charge in [0.25, 0.3) is 0 Å². The predicted octanol–water partition coefficient (Wildman–Crippen LogP) is 3.43. The minimum atomic E-state index is -4.34. The van der Waals surface area contributed by atoms with Gasteiger partial charge in [-0.15, -0.1) is 0 Å². The van der Waals surface area contributed by atoms with Crippen LogP contribution >= 0.6 is 0 Å². The van der Waals surface area contributed by atoms with Gasteiger partial charge in [-0.3, -0.25) is 9.67 Å². The molecule has 0 unspecified atom stereocenters. The Morgan fingerprint density at radius 2 is 1.89 bits per heavy atom. The third-order valence-electron chi connectivity index (χ3n) is 4.31. The Kier molecular flexibility index (Phi) is 6.87. The molecule has 27 heavy (non-hydrogen) atoms. The molecule has 2 N–H and O–H groups in total. The molecule has 0 aliphatic heterocycles. The number of aromatic nitrogens is 2. The summed E-state index contributed by atoms with van der Waals surface area (Å²) in [4.78, 5) is 4.17. The first-order valence-electron chi connectivity index (χ1n) is 8.82. The molecule has 0 bridgehead atoms. The molecule has 0 saturated carbocycles. The summed E-state index contributed by atoms with van der Waals surface area (Å²) in [6.07, 6.45) is 0.180. The van der Waals surface area contributed by atoms with Crippen molar-refractivity contribution in [2.75, 3.05) is 20.1 Å². The number of halogens is 3. The summed E-state index contributed by atoms with van der Waals surface area (Å²) >= 11 is 0. The maximum Gasteiger partial charge on any atom is 0.416 e. The van der Waals surface area contributed by atoms with E-state index in [0.29, 0.717) is 24.6 Å². The Balaban J connectivity index is 1.87. The SMILES string of the molecule is CN=C(NCCCn1cccn1)NCC(C)(C)c1cccc(C(F)(F)F)c1. The molecular weight excluding hydrogens is 355 g/mol. The number of aryl methyl sites for hydroxylation is 1. The standard InChI is InChI=1S/C19H26F3N5/c1-18(2,15-7-4-8-16(13-15)19(20,21)22)14-25-17(23-3)24-9-5-11-27-12-6-10-26-27/h4,6-8,10,12-13H,5,9,11,14H2,1-3H3,(H2,23,24,25). The molecule has 0 aliphatic rings. The second-order valence-electron chi connectivity index (χ2n) is 6.94. The van der Waals surface area contributed by atoms with Gasteiger partial charge in [-0.25, -0.2) is 0 Å². The van der Waals surface area contributed by atoms with Crippen LogP contribution in [0, 0.1) is 0 Å². The van der Waals surface area contributed by atoms with E-state index < -0.39 is 17.2 Å². The number of alkyl halides is 3. The van der Waals surface area contributed by atoms with Gasteiger partial charge in [-0.05, 0) is 24.1 Å². The molecule has 8 heteroatoms. The fourth-order valence-electron chi connectivity index (χ4n) is 2.62. The number of aliphatic imine (C=N–C) groups is 1. The van der Waals surface area contributed by atoms with Gasteiger partial charge in [0.2, 0.25) is 0 Å². The van der Waals surface area contributed by atoms with Crippen LogP contribution in [0.5, 0.6) is 0 Å². The van der Waals surface area contributed by atoms with Crippen LogP contribution in [-0.2, 0) is 18.1 Å². The lowest BCUT2D eigenvalue weighted by atomic mass is 9.84. The fourth-order valence-corrected chi connectivity index (χ4v) is 2.62. The smallest absolute Gasteiger partial charge is 0.356 e. The molecule has 0 amide bonds. The lowest BCUT2D eigenvalue weighted by Crippen LogP contribution is -2.43. The minimum absolute atomic E-state index is 0.452. The van der Waals surface area contributed by atoms with E-state index in [1.165, 1.54) is 12.1 Å². The van der Waals surface area contributed by atoms with E-state index in [2.05, 4.69) is 20.7 Å². The van der Waals surface area contributed by atoms with Crippen molar-refractivity contribution in [3.63, 3.8) is 0 Å². The lowest BCUT2D eigenvalue weighted by Gasteiger charge is -2.27. The van der Waals surface area contributed by atoms with E-state index in [1.54, 1.807) is 19.3 Å². The van der Waals surface area contributed by atoms with E-state index in [1.807, 2.05) is 30.8 Å². The van der Waals surface area contributed by atoms with Crippen LogP contribution in [-0.4, -0.2) is 35.9 Å². The average molecular weight is 381 g/mol. The zero-order valence-corrected chi connectivity index (χ0v) is 15.8. The normalized spacial score (nSPS) is 12.9. The summed E-state index contributed by atoms with van der Waals surface area (Å²) in [7, 11) is 1.67. The minimum Gasteiger partial charge on any atom is -0.356 e. The third-order valence-corrected chi connectivity index (χ3v) is 4.31. The van der Waals surface area contributed by atoms with Gasteiger partial charge in [-0.2, -0.15) is 18.3 Å². The summed E-state index contributed by atoms with van der Waals surface area (Å²) in [5.41, 5.74) is -0.498. The van der Waals surface area contributed by atoms with E-state index in [-0.39, 0.29) is 0 Å². The van der Waals surface area contributed by atoms with Crippen molar-refractivity contribution in [2.45, 2.75) is 38.4 Å². The van der Waals surface area contributed by atoms with Gasteiger partial charge < -0.3 is 10.6 Å². The highest BCUT2D eigenvalue weighted by Crippen LogP contribution is 2.32. The molecule has 0 saturated heterocycles. The molecular formula is C19H26F3N5. The van der Waals surface area contributed by atoms with Gasteiger partial charge in [0.15, 0.2) is 5.96 Å². The Morgan fingerprint density at radius 1 is 1.15 bits per heavy atom. The fraction of sp³-hybridized carbons (Fsp3) is 0.474. The maximum absolute atomic E-state index is 12.9. The largest absolute Gasteiger partial charge is 0.416 e. The molecule has 1 heterocycles. The van der Waals surface area contributed by atoms with Gasteiger partial charge in [0.05, 0.1) is 5.56 Å². The zero-order chi connectivity index (χ0) is 19.9. The number of rotatable bonds is 7. The van der Waals surface area contributed by atoms with Crippen LogP contribution < -0.4 is 10.6 Å². The third kappa shape index (κ3) is 6.30. The number of nitrogens with zero attached hydrogens (tertiary/aromatic N) is 3. The highest BCUT2D eigenvalue weighted by atomic mass is 19.4. The number of nitrogens with one attached hydrogen (secondary N) is 2. The molecule has 1 aromatic carbocycles. The van der Waals surface area contributed by atoms with Crippen LogP contribution in [0.2, 0.25) is 0 Å². The van der Waals surface area contributed by atoms with Crippen molar-refractivity contribution in [1.29, 1.82) is 0 Å². The van der Waals surface area contributed by atoms with E-state index in [0.717, 1.165) is 19.0 Å². The summed E-state index contributed by atoms with van der Waals surface area (Å²) in [5.74, 6) is 0.621. The number of hydrogen-bond donors (Lipinski definition) is 2. The molecule has 0 spiro atoms. The molecule has 0 atom stereocenters. The van der Waals surface area contributed by atoms with Crippen LogP contribution in [0.15, 0.2) is 47.7 Å². The summed E-state index contributed by atoms with van der Waals surface area (Å²) < 4.78 is 40.7. The molecule has 0 aliphatic carbocycles. The number of hydrogen-bond acceptors (Lipinski definition) is 2. The highest BCUT2D eigenvalue weighted by Gasteiger charge is 2.32. The Morgan fingerprint density at radius 3 is 2.52 bits per heavy atom. The van der Waals surface area contributed by atoms with Crippen molar-refractivity contribution in [3.8, 4) is 0 Å². The van der Waals surface area contributed by atoms with Crippen molar-refractivity contribution >= 4 is 5.96 Å². The molecule has 2 rings (SSSR count). The predicted molar refractivity (Wildman–Crippen MR) is 101 cm³/mol. The molecule has 0 fully saturated rings. The Hall–Kier alpha value is -2.51. The van der Waals surface area contributed by atoms with Crippen molar-refractivity contribution in [3.05, 3.63) is 53.9 Å². The van der Waals surface area contributed by atoms with E-state index in [9.17, 15) is 13.2 Å². The molecule has 2 aromatic rings. The maximum atomic E-state index is 12.9. The Labute approximate surface area is 157 Å². The molecule has 1 aromatic heterocycles. The van der Waals surface area contributed by atoms with Crippen molar-refractivity contribution in [1.82, 2.24) is 20.4 Å². The second-order valence-corrected chi connectivity index (χ2v) is 6.94. The second kappa shape index (κ2) is 8.92. The summed E-state index contributed by atoms with van der Waals surface area (Å²) in [5, 5.41) is 10.5. The van der Waals surface area contributed by atoms with Crippen LogP contribution in [0.3, 0.4) is 0 Å². The first kappa shape index (κ1) is 20.8. The van der Waals surface area contributed by atoms with Gasteiger partial charge in [0.1, 0.15) is 0 Å². The first-order valence-corrected chi connectivity index (χ1v) is 8.82. The topological polar surface area (TPSA) is 54.2 Å². The van der Waals surface area contributed by atoms with Crippen LogP contribution in [0.1, 0.15) is 31.4 Å². The van der Waals surface area contributed by atoms with Crippen molar-refractivity contribution in [2.24, 2.45) is 4.99 Å². The average Bonchev–Trinajstić information content (AvgIpc) is 3.14. The van der Waals surface area contributed by atoms with Gasteiger partial charge in [-0.1, -0.05) is 32.0 Å². The molecule has 148 valence electrons. The highest BCUT2D eigenvalue weighted by molar-refractivity contribution is 5.79. The number of benzene rings is 1. The molecule has 5 nitrogen and oxygen atoms in total. The van der Waals surface area contributed by atoms with Gasteiger partial charge >= 0.3 is 6.18 Å².